The van der Waals surface area contributed by atoms with Gasteiger partial charge in [-0.2, -0.15) is 13.2 Å². The van der Waals surface area contributed by atoms with E-state index in [0.29, 0.717) is 0 Å². The van der Waals surface area contributed by atoms with Gasteiger partial charge in [0.1, 0.15) is 5.82 Å². The Hall–Kier alpha value is -2.17. The summed E-state index contributed by atoms with van der Waals surface area (Å²) in [5, 5.41) is 0. The Balaban J connectivity index is 2.32. The number of rotatable bonds is 1. The van der Waals surface area contributed by atoms with Crippen molar-refractivity contribution in [3.8, 4) is 0 Å². The second kappa shape index (κ2) is 4.66. The Morgan fingerprint density at radius 2 is 1.64 bits per heavy atom. The monoisotopic (exact) mass is 308 g/mol. The van der Waals surface area contributed by atoms with Gasteiger partial charge in [0.15, 0.2) is 5.78 Å². The van der Waals surface area contributed by atoms with Crippen LogP contribution in [0, 0.1) is 5.82 Å². The minimum atomic E-state index is -4.44. The lowest BCUT2D eigenvalue weighted by Gasteiger charge is -2.37. The van der Waals surface area contributed by atoms with E-state index in [0.717, 1.165) is 12.1 Å². The van der Waals surface area contributed by atoms with Crippen LogP contribution in [0.25, 0.3) is 0 Å². The van der Waals surface area contributed by atoms with E-state index < -0.39 is 23.8 Å². The standard InChI is InChI=1S/C17H12F4O/c1-16(9-17(19,20)21)13-5-3-2-4-11(13)15(22)12-7-6-10(18)8-14(12)16/h2-8H,9H2,1H3. The number of hydrogen-bond donors (Lipinski definition) is 0. The molecule has 0 saturated heterocycles. The zero-order valence-electron chi connectivity index (χ0n) is 11.7. The molecule has 114 valence electrons. The highest BCUT2D eigenvalue weighted by atomic mass is 19.4. The van der Waals surface area contributed by atoms with Crippen LogP contribution < -0.4 is 0 Å². The molecule has 1 aliphatic rings. The van der Waals surface area contributed by atoms with Crippen molar-refractivity contribution in [1.29, 1.82) is 0 Å². The molecule has 0 saturated carbocycles. The first kappa shape index (κ1) is 14.8. The van der Waals surface area contributed by atoms with Crippen molar-refractivity contribution in [3.63, 3.8) is 0 Å². The van der Waals surface area contributed by atoms with Crippen LogP contribution >= 0.6 is 0 Å². The molecule has 0 spiro atoms. The van der Waals surface area contributed by atoms with E-state index in [1.54, 1.807) is 12.1 Å². The summed E-state index contributed by atoms with van der Waals surface area (Å²) in [7, 11) is 0. The van der Waals surface area contributed by atoms with Crippen molar-refractivity contribution in [2.45, 2.75) is 24.9 Å². The number of halogens is 4. The van der Waals surface area contributed by atoms with Gasteiger partial charge in [0.25, 0.3) is 0 Å². The van der Waals surface area contributed by atoms with Crippen molar-refractivity contribution in [2.75, 3.05) is 0 Å². The van der Waals surface area contributed by atoms with Gasteiger partial charge < -0.3 is 0 Å². The lowest BCUT2D eigenvalue weighted by molar-refractivity contribution is -0.144. The molecule has 0 aromatic heterocycles. The van der Waals surface area contributed by atoms with E-state index in [1.807, 2.05) is 0 Å². The molecule has 0 radical (unpaired) electrons. The van der Waals surface area contributed by atoms with Gasteiger partial charge in [0.05, 0.1) is 6.42 Å². The van der Waals surface area contributed by atoms with E-state index in [-0.39, 0.29) is 28.0 Å². The Morgan fingerprint density at radius 3 is 2.32 bits per heavy atom. The lowest BCUT2D eigenvalue weighted by Crippen LogP contribution is -2.37. The summed E-state index contributed by atoms with van der Waals surface area (Å²) in [6.07, 6.45) is -5.59. The molecule has 0 heterocycles. The highest BCUT2D eigenvalue weighted by molar-refractivity contribution is 6.13. The first-order chi connectivity index (χ1) is 10.2. The van der Waals surface area contributed by atoms with Gasteiger partial charge in [-0.05, 0) is 29.3 Å². The third-order valence-electron chi connectivity index (χ3n) is 4.14. The summed E-state index contributed by atoms with van der Waals surface area (Å²) in [6.45, 7) is 1.41. The van der Waals surface area contributed by atoms with Crippen LogP contribution in [0.5, 0.6) is 0 Å². The highest BCUT2D eigenvalue weighted by Gasteiger charge is 2.47. The molecule has 22 heavy (non-hydrogen) atoms. The summed E-state index contributed by atoms with van der Waals surface area (Å²) in [6, 6.07) is 9.61. The summed E-state index contributed by atoms with van der Waals surface area (Å²) >= 11 is 0. The van der Waals surface area contributed by atoms with Crippen LogP contribution in [0.15, 0.2) is 42.5 Å². The maximum atomic E-state index is 13.6. The zero-order valence-corrected chi connectivity index (χ0v) is 11.7. The van der Waals surface area contributed by atoms with E-state index in [2.05, 4.69) is 0 Å². The van der Waals surface area contributed by atoms with Crippen LogP contribution in [-0.2, 0) is 5.41 Å². The lowest BCUT2D eigenvalue weighted by atomic mass is 9.65. The van der Waals surface area contributed by atoms with Crippen LogP contribution in [-0.4, -0.2) is 12.0 Å². The average molecular weight is 308 g/mol. The molecule has 1 nitrogen and oxygen atoms in total. The molecular formula is C17H12F4O. The molecule has 0 fully saturated rings. The Kier molecular flexibility index (Phi) is 3.13. The van der Waals surface area contributed by atoms with Gasteiger partial charge >= 0.3 is 6.18 Å². The average Bonchev–Trinajstić information content (AvgIpc) is 2.43. The van der Waals surface area contributed by atoms with Gasteiger partial charge in [-0.25, -0.2) is 4.39 Å². The molecule has 3 rings (SSSR count). The smallest absolute Gasteiger partial charge is 0.289 e. The predicted octanol–water partition coefficient (Wildman–Crippen LogP) is 4.63. The van der Waals surface area contributed by atoms with Gasteiger partial charge in [-0.3, -0.25) is 4.79 Å². The zero-order chi connectivity index (χ0) is 16.1. The molecule has 2 aromatic carbocycles. The third-order valence-corrected chi connectivity index (χ3v) is 4.14. The van der Waals surface area contributed by atoms with Gasteiger partial charge in [0.2, 0.25) is 0 Å². The third kappa shape index (κ3) is 2.21. The largest absolute Gasteiger partial charge is 0.390 e. The fourth-order valence-corrected chi connectivity index (χ4v) is 3.21. The summed E-state index contributed by atoms with van der Waals surface area (Å²) in [5.74, 6) is -1.02. The normalized spacial score (nSPS) is 20.5. The molecule has 0 bridgehead atoms. The molecule has 5 heteroatoms. The number of alkyl halides is 3. The number of fused-ring (bicyclic) bond motifs is 2. The SMILES string of the molecule is CC1(CC(F)(F)F)c2ccccc2C(=O)c2ccc(F)cc21. The molecule has 1 aliphatic carbocycles. The van der Waals surface area contributed by atoms with Crippen molar-refractivity contribution in [3.05, 3.63) is 70.5 Å². The Labute approximate surface area is 124 Å². The first-order valence-corrected chi connectivity index (χ1v) is 6.73. The van der Waals surface area contributed by atoms with E-state index in [9.17, 15) is 22.4 Å². The second-order valence-corrected chi connectivity index (χ2v) is 5.69. The Morgan fingerprint density at radius 1 is 1.00 bits per heavy atom. The maximum absolute atomic E-state index is 13.6. The summed E-state index contributed by atoms with van der Waals surface area (Å²) in [5.41, 5.74) is -0.732. The van der Waals surface area contributed by atoms with Crippen LogP contribution in [0.1, 0.15) is 40.4 Å². The fraction of sp³-hybridized carbons (Fsp3) is 0.235. The van der Waals surface area contributed by atoms with Crippen LogP contribution in [0.3, 0.4) is 0 Å². The van der Waals surface area contributed by atoms with Crippen molar-refractivity contribution in [1.82, 2.24) is 0 Å². The number of benzene rings is 2. The topological polar surface area (TPSA) is 17.1 Å². The minimum absolute atomic E-state index is 0.0912. The number of carbonyl (C=O) groups excluding carboxylic acids is 1. The first-order valence-electron chi connectivity index (χ1n) is 6.73. The molecule has 2 aromatic rings. The fourth-order valence-electron chi connectivity index (χ4n) is 3.21. The van der Waals surface area contributed by atoms with Crippen molar-refractivity contribution in [2.24, 2.45) is 0 Å². The predicted molar refractivity (Wildman–Crippen MR) is 73.4 cm³/mol. The van der Waals surface area contributed by atoms with Gasteiger partial charge in [-0.15, -0.1) is 0 Å². The van der Waals surface area contributed by atoms with E-state index in [1.165, 1.54) is 25.1 Å². The van der Waals surface area contributed by atoms with Crippen molar-refractivity contribution < 1.29 is 22.4 Å². The van der Waals surface area contributed by atoms with E-state index >= 15 is 0 Å². The van der Waals surface area contributed by atoms with E-state index in [4.69, 9.17) is 0 Å². The second-order valence-electron chi connectivity index (χ2n) is 5.69. The number of carbonyl (C=O) groups is 1. The Bertz CT molecular complexity index is 763. The van der Waals surface area contributed by atoms with Crippen molar-refractivity contribution >= 4 is 5.78 Å². The molecular weight excluding hydrogens is 296 g/mol. The minimum Gasteiger partial charge on any atom is -0.289 e. The molecule has 0 aliphatic heterocycles. The molecule has 0 amide bonds. The quantitative estimate of drug-likeness (QED) is 0.702. The van der Waals surface area contributed by atoms with Gasteiger partial charge in [-0.1, -0.05) is 31.2 Å². The highest BCUT2D eigenvalue weighted by Crippen LogP contribution is 2.47. The number of hydrogen-bond acceptors (Lipinski definition) is 1. The van der Waals surface area contributed by atoms with Gasteiger partial charge in [0, 0.05) is 16.5 Å². The maximum Gasteiger partial charge on any atom is 0.390 e. The number of ketones is 1. The summed E-state index contributed by atoms with van der Waals surface area (Å²) in [4.78, 5) is 12.5. The van der Waals surface area contributed by atoms with Crippen LogP contribution in [0.2, 0.25) is 0 Å². The van der Waals surface area contributed by atoms with Crippen LogP contribution in [0.4, 0.5) is 17.6 Å². The molecule has 1 unspecified atom stereocenters. The molecule has 1 atom stereocenters. The summed E-state index contributed by atoms with van der Waals surface area (Å²) < 4.78 is 52.9. The molecule has 0 N–H and O–H groups in total.